The molecule has 14 heavy (non-hydrogen) atoms. The van der Waals surface area contributed by atoms with Gasteiger partial charge in [0.2, 0.25) is 0 Å². The Morgan fingerprint density at radius 2 is 2.21 bits per heavy atom. The predicted molar refractivity (Wildman–Crippen MR) is 60.3 cm³/mol. The maximum atomic E-state index is 10.7. The lowest BCUT2D eigenvalue weighted by atomic mass is 10.1. The fourth-order valence-corrected chi connectivity index (χ4v) is 1.64. The van der Waals surface area contributed by atoms with Crippen LogP contribution in [0.2, 0.25) is 5.02 Å². The van der Waals surface area contributed by atoms with E-state index in [-0.39, 0.29) is 5.69 Å². The Kier molecular flexibility index (Phi) is 4.22. The molecule has 0 N–H and O–H groups in total. The molecule has 0 unspecified atom stereocenters. The van der Waals surface area contributed by atoms with Crippen molar-refractivity contribution in [2.24, 2.45) is 0 Å². The van der Waals surface area contributed by atoms with E-state index in [1.54, 1.807) is 12.1 Å². The lowest BCUT2D eigenvalue weighted by Gasteiger charge is -2.03. The minimum atomic E-state index is -0.403. The molecule has 0 fully saturated rings. The molecule has 0 heterocycles. The van der Waals surface area contributed by atoms with Gasteiger partial charge in [-0.05, 0) is 24.7 Å². The molecule has 0 amide bonds. The fraction of sp³-hybridized carbons (Fsp3) is 0.333. The van der Waals surface area contributed by atoms with E-state index in [1.807, 2.05) is 0 Å². The van der Waals surface area contributed by atoms with Gasteiger partial charge in [-0.25, -0.2) is 0 Å². The minimum absolute atomic E-state index is 0.0966. The van der Waals surface area contributed by atoms with Crippen LogP contribution in [0.4, 0.5) is 5.69 Å². The van der Waals surface area contributed by atoms with Gasteiger partial charge in [-0.15, -0.1) is 0 Å². The van der Waals surface area contributed by atoms with E-state index in [9.17, 15) is 10.1 Å². The summed E-state index contributed by atoms with van der Waals surface area (Å²) < 4.78 is 0. The van der Waals surface area contributed by atoms with Gasteiger partial charge >= 0.3 is 0 Å². The predicted octanol–water partition coefficient (Wildman–Crippen LogP) is 3.11. The number of benzene rings is 1. The van der Waals surface area contributed by atoms with Crippen molar-refractivity contribution >= 4 is 29.9 Å². The summed E-state index contributed by atoms with van der Waals surface area (Å²) in [4.78, 5) is 10.3. The number of nitro groups is 1. The van der Waals surface area contributed by atoms with Crippen molar-refractivity contribution in [2.75, 3.05) is 5.75 Å². The first-order valence-electron chi connectivity index (χ1n) is 4.19. The number of halogens is 1. The summed E-state index contributed by atoms with van der Waals surface area (Å²) in [7, 11) is 0. The molecule has 0 aliphatic heterocycles. The molecule has 0 aliphatic rings. The quantitative estimate of drug-likeness (QED) is 0.492. The number of hydrogen-bond donors (Lipinski definition) is 1. The van der Waals surface area contributed by atoms with Crippen molar-refractivity contribution in [1.29, 1.82) is 0 Å². The Morgan fingerprint density at radius 1 is 1.50 bits per heavy atom. The van der Waals surface area contributed by atoms with E-state index in [0.717, 1.165) is 6.42 Å². The van der Waals surface area contributed by atoms with Crippen molar-refractivity contribution in [3.05, 3.63) is 38.9 Å². The maximum absolute atomic E-state index is 10.7. The van der Waals surface area contributed by atoms with E-state index in [1.165, 1.54) is 6.07 Å². The number of hydrogen-bond acceptors (Lipinski definition) is 3. The fourth-order valence-electron chi connectivity index (χ4n) is 1.22. The third kappa shape index (κ3) is 2.62. The molecule has 0 saturated heterocycles. The molecular weight excluding hydrogens is 222 g/mol. The van der Waals surface area contributed by atoms with Crippen LogP contribution >= 0.6 is 24.2 Å². The molecule has 0 atom stereocenters. The molecule has 1 aromatic carbocycles. The first-order valence-corrected chi connectivity index (χ1v) is 5.20. The van der Waals surface area contributed by atoms with Crippen LogP contribution in [-0.4, -0.2) is 10.7 Å². The van der Waals surface area contributed by atoms with Gasteiger partial charge in [0.15, 0.2) is 0 Å². The highest BCUT2D eigenvalue weighted by molar-refractivity contribution is 7.80. The maximum Gasteiger partial charge on any atom is 0.274 e. The number of nitrogens with zero attached hydrogens (tertiary/aromatic N) is 1. The lowest BCUT2D eigenvalue weighted by molar-refractivity contribution is -0.385. The summed E-state index contributed by atoms with van der Waals surface area (Å²) in [6.45, 7) is 0. The SMILES string of the molecule is O=[N+]([O-])c1cccc(Cl)c1CCCS. The molecule has 3 nitrogen and oxygen atoms in total. The Morgan fingerprint density at radius 3 is 2.79 bits per heavy atom. The summed E-state index contributed by atoms with van der Waals surface area (Å²) in [6, 6.07) is 4.73. The van der Waals surface area contributed by atoms with Crippen LogP contribution in [0.25, 0.3) is 0 Å². The van der Waals surface area contributed by atoms with Gasteiger partial charge in [0.1, 0.15) is 0 Å². The molecule has 5 heteroatoms. The Labute approximate surface area is 92.6 Å². The highest BCUT2D eigenvalue weighted by Crippen LogP contribution is 2.27. The molecule has 1 aromatic rings. The Bertz CT molecular complexity index is 344. The van der Waals surface area contributed by atoms with E-state index < -0.39 is 4.92 Å². The Balaban J connectivity index is 3.02. The molecule has 0 radical (unpaired) electrons. The zero-order chi connectivity index (χ0) is 10.6. The standard InChI is InChI=1S/C9H10ClNO2S/c10-8-4-1-5-9(11(12)13)7(8)3-2-6-14/h1,4-5,14H,2-3,6H2. The van der Waals surface area contributed by atoms with Crippen molar-refractivity contribution in [2.45, 2.75) is 12.8 Å². The molecule has 0 spiro atoms. The Hall–Kier alpha value is -0.740. The molecule has 0 aromatic heterocycles. The van der Waals surface area contributed by atoms with Crippen molar-refractivity contribution < 1.29 is 4.92 Å². The number of thiol groups is 1. The smallest absolute Gasteiger partial charge is 0.258 e. The highest BCUT2D eigenvalue weighted by atomic mass is 35.5. The highest BCUT2D eigenvalue weighted by Gasteiger charge is 2.15. The van der Waals surface area contributed by atoms with Crippen LogP contribution in [0.5, 0.6) is 0 Å². The van der Waals surface area contributed by atoms with Gasteiger partial charge in [-0.3, -0.25) is 10.1 Å². The molecule has 0 saturated carbocycles. The molecule has 0 bridgehead atoms. The van der Waals surface area contributed by atoms with Crippen molar-refractivity contribution in [3.63, 3.8) is 0 Å². The molecule has 76 valence electrons. The summed E-state index contributed by atoms with van der Waals surface area (Å²) in [5, 5.41) is 11.1. The normalized spacial score (nSPS) is 10.1. The van der Waals surface area contributed by atoms with E-state index in [0.29, 0.717) is 22.8 Å². The minimum Gasteiger partial charge on any atom is -0.258 e. The second-order valence-corrected chi connectivity index (χ2v) is 3.68. The molecule has 1 rings (SSSR count). The molecular formula is C9H10ClNO2S. The average Bonchev–Trinajstić information content (AvgIpc) is 2.15. The summed E-state index contributed by atoms with van der Waals surface area (Å²) in [5.74, 6) is 0.697. The van der Waals surface area contributed by atoms with Gasteiger partial charge < -0.3 is 0 Å². The zero-order valence-corrected chi connectivity index (χ0v) is 9.09. The van der Waals surface area contributed by atoms with Crippen LogP contribution < -0.4 is 0 Å². The van der Waals surface area contributed by atoms with Gasteiger partial charge in [-0.1, -0.05) is 17.7 Å². The number of rotatable bonds is 4. The van der Waals surface area contributed by atoms with Crippen LogP contribution in [0, 0.1) is 10.1 Å². The van der Waals surface area contributed by atoms with E-state index in [2.05, 4.69) is 12.6 Å². The second kappa shape index (κ2) is 5.22. The third-order valence-corrected chi connectivity index (χ3v) is 2.55. The van der Waals surface area contributed by atoms with Gasteiger partial charge in [0.25, 0.3) is 5.69 Å². The first-order chi connectivity index (χ1) is 6.66. The molecule has 0 aliphatic carbocycles. The summed E-state index contributed by atoms with van der Waals surface area (Å²) >= 11 is 9.94. The van der Waals surface area contributed by atoms with Crippen LogP contribution in [0.15, 0.2) is 18.2 Å². The topological polar surface area (TPSA) is 43.1 Å². The number of nitro benzene ring substituents is 1. The monoisotopic (exact) mass is 231 g/mol. The van der Waals surface area contributed by atoms with Crippen LogP contribution in [0.3, 0.4) is 0 Å². The van der Waals surface area contributed by atoms with Crippen molar-refractivity contribution in [3.8, 4) is 0 Å². The summed E-state index contributed by atoms with van der Waals surface area (Å²) in [6.07, 6.45) is 1.38. The van der Waals surface area contributed by atoms with Gasteiger partial charge in [0.05, 0.1) is 9.95 Å². The van der Waals surface area contributed by atoms with Gasteiger partial charge in [-0.2, -0.15) is 12.6 Å². The largest absolute Gasteiger partial charge is 0.274 e. The zero-order valence-electron chi connectivity index (χ0n) is 7.44. The van der Waals surface area contributed by atoms with E-state index in [4.69, 9.17) is 11.6 Å². The van der Waals surface area contributed by atoms with E-state index >= 15 is 0 Å². The summed E-state index contributed by atoms with van der Waals surface area (Å²) in [5.41, 5.74) is 0.701. The third-order valence-electron chi connectivity index (χ3n) is 1.88. The first kappa shape index (κ1) is 11.3. The van der Waals surface area contributed by atoms with Crippen LogP contribution in [-0.2, 0) is 6.42 Å². The van der Waals surface area contributed by atoms with Crippen molar-refractivity contribution in [1.82, 2.24) is 0 Å². The second-order valence-electron chi connectivity index (χ2n) is 2.82. The van der Waals surface area contributed by atoms with Crippen LogP contribution in [0.1, 0.15) is 12.0 Å². The van der Waals surface area contributed by atoms with Gasteiger partial charge in [0, 0.05) is 11.6 Å². The average molecular weight is 232 g/mol. The lowest BCUT2D eigenvalue weighted by Crippen LogP contribution is -1.96.